The Morgan fingerprint density at radius 2 is 1.91 bits per heavy atom. The Hall–Kier alpha value is -3.68. The molecule has 0 aliphatic rings. The Labute approximate surface area is 187 Å². The van der Waals surface area contributed by atoms with E-state index in [0.29, 0.717) is 17.1 Å². The van der Waals surface area contributed by atoms with Crippen LogP contribution in [0.3, 0.4) is 0 Å². The van der Waals surface area contributed by atoms with E-state index in [0.717, 1.165) is 39.9 Å². The topological polar surface area (TPSA) is 104 Å². The molecule has 4 rings (SSSR count). The average Bonchev–Trinajstić information content (AvgIpc) is 3.18. The van der Waals surface area contributed by atoms with Crippen LogP contribution in [0.15, 0.2) is 36.8 Å². The number of hydrogen-bond donors (Lipinski definition) is 2. The molecule has 32 heavy (non-hydrogen) atoms. The molecule has 0 radical (unpaired) electrons. The highest BCUT2D eigenvalue weighted by atomic mass is 16.5. The summed E-state index contributed by atoms with van der Waals surface area (Å²) in [7, 11) is 3.55. The van der Waals surface area contributed by atoms with Crippen molar-refractivity contribution in [3.63, 3.8) is 0 Å². The van der Waals surface area contributed by atoms with Crippen LogP contribution in [0, 0.1) is 12.3 Å². The van der Waals surface area contributed by atoms with Gasteiger partial charge in [-0.1, -0.05) is 26.8 Å². The number of nitrogens with one attached hydrogen (secondary N) is 1. The van der Waals surface area contributed by atoms with Gasteiger partial charge in [0.05, 0.1) is 19.0 Å². The van der Waals surface area contributed by atoms with Crippen molar-refractivity contribution < 1.29 is 4.74 Å². The second-order valence-electron chi connectivity index (χ2n) is 9.18. The first-order valence-electron chi connectivity index (χ1n) is 10.5. The summed E-state index contributed by atoms with van der Waals surface area (Å²) in [4.78, 5) is 13.7. The molecule has 3 heterocycles. The SMILES string of the molecule is COc1cc(-c2cnn(C)c2)ccc1-c1nc(N)nc2c(NCC(C)(C)C)ncc(C)c12. The molecular formula is C24H29N7O. The number of pyridine rings is 1. The highest BCUT2D eigenvalue weighted by Crippen LogP contribution is 2.38. The quantitative estimate of drug-likeness (QED) is 0.481. The number of benzene rings is 1. The van der Waals surface area contributed by atoms with Crippen molar-refractivity contribution in [3.8, 4) is 28.1 Å². The molecule has 8 nitrogen and oxygen atoms in total. The van der Waals surface area contributed by atoms with Crippen LogP contribution in [0.1, 0.15) is 26.3 Å². The number of hydrogen-bond acceptors (Lipinski definition) is 7. The third-order valence-corrected chi connectivity index (χ3v) is 5.21. The summed E-state index contributed by atoms with van der Waals surface area (Å²) in [5, 5.41) is 8.59. The molecule has 1 aromatic carbocycles. The van der Waals surface area contributed by atoms with Gasteiger partial charge in [-0.05, 0) is 35.6 Å². The summed E-state index contributed by atoms with van der Waals surface area (Å²) in [6, 6.07) is 6.03. The lowest BCUT2D eigenvalue weighted by molar-refractivity contribution is 0.416. The zero-order valence-corrected chi connectivity index (χ0v) is 19.4. The molecule has 3 aromatic heterocycles. The van der Waals surface area contributed by atoms with E-state index in [4.69, 9.17) is 10.5 Å². The van der Waals surface area contributed by atoms with Crippen LogP contribution in [0.2, 0.25) is 0 Å². The predicted octanol–water partition coefficient (Wildman–Crippen LogP) is 4.45. The van der Waals surface area contributed by atoms with Crippen LogP contribution in [-0.4, -0.2) is 38.4 Å². The van der Waals surface area contributed by atoms with E-state index in [1.165, 1.54) is 0 Å². The van der Waals surface area contributed by atoms with E-state index in [-0.39, 0.29) is 11.4 Å². The van der Waals surface area contributed by atoms with Crippen molar-refractivity contribution in [2.45, 2.75) is 27.7 Å². The highest BCUT2D eigenvalue weighted by molar-refractivity contribution is 6.01. The largest absolute Gasteiger partial charge is 0.496 e. The number of methoxy groups -OCH3 is 1. The number of nitrogens with two attached hydrogens (primary N) is 1. The van der Waals surface area contributed by atoms with Gasteiger partial charge in [0.1, 0.15) is 11.3 Å². The first-order valence-corrected chi connectivity index (χ1v) is 10.5. The normalized spacial score (nSPS) is 11.7. The Morgan fingerprint density at radius 1 is 1.12 bits per heavy atom. The second-order valence-corrected chi connectivity index (χ2v) is 9.18. The van der Waals surface area contributed by atoms with Gasteiger partial charge in [0.15, 0.2) is 5.82 Å². The van der Waals surface area contributed by atoms with Gasteiger partial charge in [-0.2, -0.15) is 5.10 Å². The Balaban J connectivity index is 1.89. The zero-order valence-electron chi connectivity index (χ0n) is 19.4. The molecule has 0 atom stereocenters. The molecule has 0 spiro atoms. The van der Waals surface area contributed by atoms with Crippen LogP contribution in [0.4, 0.5) is 11.8 Å². The maximum absolute atomic E-state index is 6.15. The molecule has 0 aliphatic heterocycles. The number of ether oxygens (including phenoxy) is 1. The van der Waals surface area contributed by atoms with Crippen molar-refractivity contribution >= 4 is 22.7 Å². The number of nitrogen functional groups attached to an aromatic ring is 1. The van der Waals surface area contributed by atoms with Gasteiger partial charge in [0, 0.05) is 42.5 Å². The standard InChI is InChI=1S/C24H29N7O/c1-14-10-26-22(27-13-24(2,3)4)21-19(14)20(29-23(25)30-21)17-8-7-15(9-18(17)32-6)16-11-28-31(5)12-16/h7-12H,13H2,1-6H3,(H,26,27)(H2,25,29,30). The van der Waals surface area contributed by atoms with E-state index in [2.05, 4.69) is 46.1 Å². The first-order chi connectivity index (χ1) is 15.2. The molecule has 8 heteroatoms. The minimum Gasteiger partial charge on any atom is -0.496 e. The number of anilines is 2. The molecule has 0 saturated heterocycles. The first kappa shape index (κ1) is 21.5. The third-order valence-electron chi connectivity index (χ3n) is 5.21. The number of fused-ring (bicyclic) bond motifs is 1. The fraction of sp³-hybridized carbons (Fsp3) is 0.333. The minimum absolute atomic E-state index is 0.0889. The number of nitrogens with zero attached hydrogens (tertiary/aromatic N) is 5. The number of aromatic nitrogens is 5. The summed E-state index contributed by atoms with van der Waals surface area (Å²) >= 11 is 0. The maximum atomic E-state index is 6.15. The maximum Gasteiger partial charge on any atom is 0.221 e. The average molecular weight is 432 g/mol. The molecule has 0 fully saturated rings. The van der Waals surface area contributed by atoms with Crippen LogP contribution >= 0.6 is 0 Å². The summed E-state index contributed by atoms with van der Waals surface area (Å²) in [5.41, 5.74) is 11.5. The fourth-order valence-electron chi connectivity index (χ4n) is 3.62. The monoisotopic (exact) mass is 431 g/mol. The highest BCUT2D eigenvalue weighted by Gasteiger charge is 2.20. The molecule has 0 bridgehead atoms. The lowest BCUT2D eigenvalue weighted by Crippen LogP contribution is -2.20. The van der Waals surface area contributed by atoms with Crippen molar-refractivity contribution in [2.75, 3.05) is 24.7 Å². The van der Waals surface area contributed by atoms with Gasteiger partial charge in [0.2, 0.25) is 5.95 Å². The third kappa shape index (κ3) is 4.21. The molecular weight excluding hydrogens is 402 g/mol. The predicted molar refractivity (Wildman–Crippen MR) is 129 cm³/mol. The summed E-state index contributed by atoms with van der Waals surface area (Å²) in [5.74, 6) is 1.59. The Kier molecular flexibility index (Phi) is 5.46. The minimum atomic E-state index is 0.0889. The molecule has 0 aliphatic carbocycles. The molecule has 3 N–H and O–H groups in total. The second kappa shape index (κ2) is 8.11. The van der Waals surface area contributed by atoms with Crippen molar-refractivity contribution in [2.24, 2.45) is 12.5 Å². The van der Waals surface area contributed by atoms with Crippen molar-refractivity contribution in [1.29, 1.82) is 0 Å². The van der Waals surface area contributed by atoms with Crippen molar-refractivity contribution in [1.82, 2.24) is 24.7 Å². The van der Waals surface area contributed by atoms with E-state index in [9.17, 15) is 0 Å². The summed E-state index contributed by atoms with van der Waals surface area (Å²) in [6.07, 6.45) is 5.64. The molecule has 0 saturated carbocycles. The van der Waals surface area contributed by atoms with Gasteiger partial charge >= 0.3 is 0 Å². The number of rotatable bonds is 5. The van der Waals surface area contributed by atoms with Crippen LogP contribution in [-0.2, 0) is 7.05 Å². The molecule has 166 valence electrons. The molecule has 0 unspecified atom stereocenters. The zero-order chi connectivity index (χ0) is 23.0. The van der Waals surface area contributed by atoms with Gasteiger partial charge in [0.25, 0.3) is 0 Å². The lowest BCUT2D eigenvalue weighted by Gasteiger charge is -2.20. The van der Waals surface area contributed by atoms with Crippen LogP contribution < -0.4 is 15.8 Å². The lowest BCUT2D eigenvalue weighted by atomic mass is 9.97. The number of aryl methyl sites for hydroxylation is 2. The fourth-order valence-corrected chi connectivity index (χ4v) is 3.62. The Bertz CT molecular complexity index is 1290. The van der Waals surface area contributed by atoms with Crippen LogP contribution in [0.25, 0.3) is 33.3 Å². The summed E-state index contributed by atoms with van der Waals surface area (Å²) < 4.78 is 7.53. The smallest absolute Gasteiger partial charge is 0.221 e. The summed E-state index contributed by atoms with van der Waals surface area (Å²) in [6.45, 7) is 9.25. The van der Waals surface area contributed by atoms with Gasteiger partial charge in [-0.3, -0.25) is 4.68 Å². The van der Waals surface area contributed by atoms with E-state index in [1.54, 1.807) is 11.8 Å². The van der Waals surface area contributed by atoms with Gasteiger partial charge < -0.3 is 15.8 Å². The van der Waals surface area contributed by atoms with Gasteiger partial charge in [-0.25, -0.2) is 15.0 Å². The Morgan fingerprint density at radius 3 is 2.56 bits per heavy atom. The van der Waals surface area contributed by atoms with E-state index >= 15 is 0 Å². The van der Waals surface area contributed by atoms with Gasteiger partial charge in [-0.15, -0.1) is 0 Å². The van der Waals surface area contributed by atoms with E-state index < -0.39 is 0 Å². The van der Waals surface area contributed by atoms with Crippen LogP contribution in [0.5, 0.6) is 5.75 Å². The molecule has 0 amide bonds. The van der Waals surface area contributed by atoms with E-state index in [1.807, 2.05) is 50.8 Å². The molecule has 4 aromatic rings. The van der Waals surface area contributed by atoms with Crippen molar-refractivity contribution in [3.05, 3.63) is 42.4 Å².